The van der Waals surface area contributed by atoms with Gasteiger partial charge in [-0.2, -0.15) is 0 Å². The molecule has 0 atom stereocenters. The maximum Gasteiger partial charge on any atom is 0.575 e. The molecular formula is C23H30F3N4O3S+. The molecule has 11 heteroatoms. The summed E-state index contributed by atoms with van der Waals surface area (Å²) in [5.41, 5.74) is 9.94. The van der Waals surface area contributed by atoms with Gasteiger partial charge in [-0.3, -0.25) is 9.78 Å². The largest absolute Gasteiger partial charge is 0.575 e. The van der Waals surface area contributed by atoms with E-state index in [-0.39, 0.29) is 5.41 Å². The maximum atomic E-state index is 10.9. The zero-order valence-electron chi connectivity index (χ0n) is 19.3. The van der Waals surface area contributed by atoms with Gasteiger partial charge >= 0.3 is 12.3 Å². The molecule has 2 aromatic heterocycles. The van der Waals surface area contributed by atoms with E-state index in [1.807, 2.05) is 0 Å². The van der Waals surface area contributed by atoms with Gasteiger partial charge in [-0.25, -0.2) is 4.98 Å². The molecule has 0 spiro atoms. The highest BCUT2D eigenvalue weighted by Gasteiger charge is 2.32. The molecule has 4 rings (SSSR count). The Balaban J connectivity index is 0.000000350. The van der Waals surface area contributed by atoms with E-state index < -0.39 is 12.3 Å². The number of thiazole rings is 1. The Bertz CT molecular complexity index is 1010. The van der Waals surface area contributed by atoms with Crippen molar-refractivity contribution in [1.82, 2.24) is 9.97 Å². The number of hydrogen-bond acceptors (Lipinski definition) is 7. The number of esters is 1. The molecule has 0 radical (unpaired) electrons. The van der Waals surface area contributed by atoms with E-state index in [9.17, 15) is 18.0 Å². The van der Waals surface area contributed by atoms with Crippen molar-refractivity contribution in [3.05, 3.63) is 40.5 Å². The predicted octanol–water partition coefficient (Wildman–Crippen LogP) is 4.43. The van der Waals surface area contributed by atoms with Crippen molar-refractivity contribution in [2.45, 2.75) is 57.7 Å². The van der Waals surface area contributed by atoms with Gasteiger partial charge in [0.15, 0.2) is 5.13 Å². The molecule has 1 aliphatic carbocycles. The van der Waals surface area contributed by atoms with Gasteiger partial charge < -0.3 is 20.5 Å². The Hall–Kier alpha value is -2.50. The molecular weight excluding hydrogens is 469 g/mol. The van der Waals surface area contributed by atoms with Crippen LogP contribution in [-0.2, 0) is 19.7 Å². The van der Waals surface area contributed by atoms with Gasteiger partial charge in [0.25, 0.3) is 0 Å². The molecule has 186 valence electrons. The van der Waals surface area contributed by atoms with Crippen LogP contribution in [0.5, 0.6) is 0 Å². The molecule has 2 fully saturated rings. The summed E-state index contributed by atoms with van der Waals surface area (Å²) in [7, 11) is 0. The minimum absolute atomic E-state index is 0.0983. The monoisotopic (exact) mass is 499 g/mol. The summed E-state index contributed by atoms with van der Waals surface area (Å²) in [6.07, 6.45) is 0.904. The third kappa shape index (κ3) is 7.25. The zero-order chi connectivity index (χ0) is 24.8. The first-order valence-electron chi connectivity index (χ1n) is 11.1. The predicted molar refractivity (Wildman–Crippen MR) is 123 cm³/mol. The number of halogens is 3. The summed E-state index contributed by atoms with van der Waals surface area (Å²) in [6, 6.07) is 6.29. The van der Waals surface area contributed by atoms with E-state index in [1.165, 1.54) is 30.5 Å². The average molecular weight is 500 g/mol. The molecule has 3 heterocycles. The van der Waals surface area contributed by atoms with Crippen LogP contribution in [0.25, 0.3) is 11.4 Å². The van der Waals surface area contributed by atoms with Gasteiger partial charge in [0.1, 0.15) is 12.2 Å². The summed E-state index contributed by atoms with van der Waals surface area (Å²) >= 11 is 1.64. The normalized spacial score (nSPS) is 17.2. The number of anilines is 1. The fraction of sp³-hybridized carbons (Fsp3) is 0.522. The summed E-state index contributed by atoms with van der Waals surface area (Å²) in [5.74, 6) is -1.35. The number of aromatic nitrogens is 2. The van der Waals surface area contributed by atoms with Crippen LogP contribution in [0.3, 0.4) is 0 Å². The Morgan fingerprint density at radius 3 is 2.47 bits per heavy atom. The fourth-order valence-corrected chi connectivity index (χ4v) is 4.45. The Morgan fingerprint density at radius 2 is 1.94 bits per heavy atom. The zero-order valence-corrected chi connectivity index (χ0v) is 20.2. The molecule has 1 saturated heterocycles. The molecule has 0 amide bonds. The first-order valence-corrected chi connectivity index (χ1v) is 12.0. The fourth-order valence-electron chi connectivity index (χ4n) is 3.72. The number of allylic oxidation sites excluding steroid dienone is 1. The van der Waals surface area contributed by atoms with Crippen LogP contribution < -0.4 is 11.1 Å². The van der Waals surface area contributed by atoms with Crippen molar-refractivity contribution in [3.63, 3.8) is 0 Å². The van der Waals surface area contributed by atoms with Gasteiger partial charge in [-0.1, -0.05) is 13.0 Å². The number of alkyl halides is 3. The topological polar surface area (TPSA) is 101 Å². The van der Waals surface area contributed by atoms with Crippen LogP contribution >= 0.6 is 11.3 Å². The molecule has 1 aliphatic heterocycles. The maximum absolute atomic E-state index is 10.9. The van der Waals surface area contributed by atoms with Crippen molar-refractivity contribution >= 4 is 22.4 Å². The Kier molecular flexibility index (Phi) is 8.67. The lowest BCUT2D eigenvalue weighted by atomic mass is 9.79. The van der Waals surface area contributed by atoms with E-state index in [0.29, 0.717) is 6.92 Å². The molecule has 2 aromatic rings. The van der Waals surface area contributed by atoms with E-state index in [2.05, 4.69) is 46.3 Å². The Labute approximate surface area is 200 Å². The molecule has 0 aromatic carbocycles. The summed E-state index contributed by atoms with van der Waals surface area (Å²) in [6.45, 7) is 5.40. The molecule has 0 bridgehead atoms. The number of nitrogens with one attached hydrogen (secondary N) is 1. The van der Waals surface area contributed by atoms with Gasteiger partial charge in [-0.15, -0.1) is 24.5 Å². The highest BCUT2D eigenvalue weighted by Crippen LogP contribution is 2.35. The minimum atomic E-state index is -4.83. The third-order valence-corrected chi connectivity index (χ3v) is 6.64. The number of rotatable bonds is 5. The van der Waals surface area contributed by atoms with Crippen molar-refractivity contribution in [3.8, 4) is 11.4 Å². The SMILES string of the molecule is CC(=O)OC(F)(F)F.CC1(c2cccc(-c3csc(NC(C[NH3+])=C4CCC4)n3)n2)CCOCC1. The van der Waals surface area contributed by atoms with Crippen LogP contribution in [-0.4, -0.2) is 42.1 Å². The summed E-state index contributed by atoms with van der Waals surface area (Å²) in [4.78, 5) is 19.2. The molecule has 2 aliphatic rings. The summed E-state index contributed by atoms with van der Waals surface area (Å²) in [5, 5.41) is 6.51. The lowest BCUT2D eigenvalue weighted by Gasteiger charge is -2.33. The molecule has 34 heavy (non-hydrogen) atoms. The summed E-state index contributed by atoms with van der Waals surface area (Å²) < 4.78 is 40.9. The van der Waals surface area contributed by atoms with Crippen LogP contribution in [0.4, 0.5) is 18.3 Å². The van der Waals surface area contributed by atoms with Crippen molar-refractivity contribution < 1.29 is 33.2 Å². The van der Waals surface area contributed by atoms with E-state index >= 15 is 0 Å². The smallest absolute Gasteiger partial charge is 0.381 e. The standard InChI is InChI=1S/C20H26N4OS.C3H3F3O2/c1-20(8-10-25-11-9-20)18-7-3-6-15(22-18)17-13-26-19(24-17)23-16(12-21)14-4-2-5-14;1-2(7)8-3(4,5)6/h3,6-7,13H,2,4-5,8-12,21H2,1H3,(H,23,24);1H3/p+1. The first kappa shape index (κ1) is 26.1. The van der Waals surface area contributed by atoms with E-state index in [1.54, 1.807) is 11.3 Å². The van der Waals surface area contributed by atoms with Crippen LogP contribution in [0.2, 0.25) is 0 Å². The second kappa shape index (κ2) is 11.3. The lowest BCUT2D eigenvalue weighted by Crippen LogP contribution is -2.52. The second-order valence-corrected chi connectivity index (χ2v) is 9.33. The Morgan fingerprint density at radius 1 is 1.24 bits per heavy atom. The molecule has 4 N–H and O–H groups in total. The van der Waals surface area contributed by atoms with Crippen LogP contribution in [0.1, 0.15) is 51.6 Å². The number of ether oxygens (including phenoxy) is 2. The second-order valence-electron chi connectivity index (χ2n) is 8.47. The van der Waals surface area contributed by atoms with E-state index in [4.69, 9.17) is 14.7 Å². The lowest BCUT2D eigenvalue weighted by molar-refractivity contribution is -0.355. The van der Waals surface area contributed by atoms with E-state index in [0.717, 1.165) is 54.8 Å². The van der Waals surface area contributed by atoms with Crippen LogP contribution in [0, 0.1) is 0 Å². The van der Waals surface area contributed by atoms with Crippen molar-refractivity contribution in [1.29, 1.82) is 0 Å². The highest BCUT2D eigenvalue weighted by atomic mass is 32.1. The molecule has 1 saturated carbocycles. The molecule has 0 unspecified atom stereocenters. The van der Waals surface area contributed by atoms with Crippen LogP contribution in [0.15, 0.2) is 34.8 Å². The van der Waals surface area contributed by atoms with Gasteiger partial charge in [0.2, 0.25) is 0 Å². The quantitative estimate of drug-likeness (QED) is 0.590. The third-order valence-electron chi connectivity index (χ3n) is 5.88. The first-order chi connectivity index (χ1) is 16.1. The van der Waals surface area contributed by atoms with Crippen molar-refractivity contribution in [2.75, 3.05) is 25.1 Å². The average Bonchev–Trinajstić information content (AvgIpc) is 3.20. The number of quaternary nitrogens is 1. The van der Waals surface area contributed by atoms with Gasteiger partial charge in [-0.05, 0) is 49.8 Å². The van der Waals surface area contributed by atoms with Crippen molar-refractivity contribution in [2.24, 2.45) is 0 Å². The number of hydrogen-bond donors (Lipinski definition) is 2. The number of carbonyl (C=O) groups excluding carboxylic acids is 1. The minimum Gasteiger partial charge on any atom is -0.381 e. The van der Waals surface area contributed by atoms with Gasteiger partial charge in [0.05, 0.1) is 11.4 Å². The van der Waals surface area contributed by atoms with Gasteiger partial charge in [0, 0.05) is 36.6 Å². The molecule has 7 nitrogen and oxygen atoms in total. The number of carbonyl (C=O) groups is 1. The number of nitrogens with zero attached hydrogens (tertiary/aromatic N) is 2. The highest BCUT2D eigenvalue weighted by molar-refractivity contribution is 7.14. The number of pyridine rings is 1.